The zero-order valence-electron chi connectivity index (χ0n) is 6.51. The van der Waals surface area contributed by atoms with Crippen molar-refractivity contribution >= 4 is 22.8 Å². The molecule has 0 fully saturated rings. The molecule has 72 valence electrons. The number of hydrogen-bond acceptors (Lipinski definition) is 4. The van der Waals surface area contributed by atoms with Crippen LogP contribution < -0.4 is 11.5 Å². The van der Waals surface area contributed by atoms with Crippen molar-refractivity contribution < 1.29 is 18.0 Å². The number of hydrogen-bond donors (Lipinski definition) is 2. The lowest BCUT2D eigenvalue weighted by atomic mass is 10.6. The fourth-order valence-electron chi connectivity index (χ4n) is 0.740. The maximum Gasteiger partial charge on any atom is 0.427 e. The van der Waals surface area contributed by atoms with E-state index in [2.05, 4.69) is 8.37 Å². The summed E-state index contributed by atoms with van der Waals surface area (Å²) >= 11 is 0. The number of carbonyl (C=O) groups is 2. The third kappa shape index (κ3) is 2.41. The van der Waals surface area contributed by atoms with Crippen LogP contribution in [0.5, 0.6) is 0 Å². The first-order chi connectivity index (χ1) is 6.04. The largest absolute Gasteiger partial charge is 0.427 e. The van der Waals surface area contributed by atoms with E-state index in [1.165, 1.54) is 10.8 Å². The highest BCUT2D eigenvalue weighted by molar-refractivity contribution is 8.31. The van der Waals surface area contributed by atoms with Gasteiger partial charge in [-0.05, 0) is 12.2 Å². The van der Waals surface area contributed by atoms with E-state index < -0.39 is 22.8 Å². The minimum Gasteiger partial charge on any atom is -0.333 e. The number of nitrogens with two attached hydrogens (primary N) is 2. The Bertz CT molecular complexity index is 269. The molecule has 0 radical (unpaired) electrons. The molecule has 1 rings (SSSR count). The molecule has 0 saturated carbocycles. The first kappa shape index (κ1) is 9.46. The maximum atomic E-state index is 10.5. The van der Waals surface area contributed by atoms with E-state index in [-0.39, 0.29) is 0 Å². The van der Waals surface area contributed by atoms with Gasteiger partial charge in [0.2, 0.25) is 0 Å². The van der Waals surface area contributed by atoms with Crippen LogP contribution in [-0.4, -0.2) is 12.2 Å². The van der Waals surface area contributed by atoms with Crippen molar-refractivity contribution in [2.75, 3.05) is 0 Å². The van der Waals surface area contributed by atoms with Gasteiger partial charge in [0.05, 0.1) is 0 Å². The van der Waals surface area contributed by atoms with E-state index in [0.29, 0.717) is 0 Å². The van der Waals surface area contributed by atoms with Crippen molar-refractivity contribution in [3.05, 3.63) is 23.0 Å². The van der Waals surface area contributed by atoms with E-state index in [9.17, 15) is 9.59 Å². The van der Waals surface area contributed by atoms with Gasteiger partial charge in [0.15, 0.2) is 0 Å². The van der Waals surface area contributed by atoms with Crippen molar-refractivity contribution in [1.82, 2.24) is 0 Å². The third-order valence-electron chi connectivity index (χ3n) is 1.07. The van der Waals surface area contributed by atoms with Crippen LogP contribution in [0.3, 0.4) is 0 Å². The highest BCUT2D eigenvalue weighted by Crippen LogP contribution is 2.55. The van der Waals surface area contributed by atoms with Gasteiger partial charge in [-0.2, -0.15) is 0 Å². The lowest BCUT2D eigenvalue weighted by Gasteiger charge is -2.31. The van der Waals surface area contributed by atoms with Gasteiger partial charge in [0.1, 0.15) is 0 Å². The molecule has 7 heteroatoms. The van der Waals surface area contributed by atoms with Crippen LogP contribution in [0.2, 0.25) is 0 Å². The van der Waals surface area contributed by atoms with Gasteiger partial charge >= 0.3 is 12.2 Å². The summed E-state index contributed by atoms with van der Waals surface area (Å²) in [4.78, 5) is 20.9. The SMILES string of the molecule is NC(=O)OS1(OC(N)=O)C=CC=C1. The Balaban J connectivity index is 2.76. The Labute approximate surface area is 75.9 Å². The summed E-state index contributed by atoms with van der Waals surface area (Å²) < 4.78 is 9.27. The second kappa shape index (κ2) is 3.40. The fourth-order valence-corrected chi connectivity index (χ4v) is 2.22. The standard InChI is InChI=1S/C6H8N2O4S/c7-5(9)11-13(12-6(8)10)3-1-2-4-13/h1-4H,(H2,7,9)(H2,8,10). The average Bonchev–Trinajstić information content (AvgIpc) is 2.33. The molecule has 0 spiro atoms. The van der Waals surface area contributed by atoms with Crippen LogP contribution in [0.1, 0.15) is 0 Å². The van der Waals surface area contributed by atoms with E-state index in [4.69, 9.17) is 11.5 Å². The maximum absolute atomic E-state index is 10.5. The summed E-state index contributed by atoms with van der Waals surface area (Å²) in [5, 5.41) is 2.84. The van der Waals surface area contributed by atoms with Crippen LogP contribution in [0.4, 0.5) is 9.59 Å². The molecule has 0 bridgehead atoms. The Hall–Kier alpha value is -1.63. The Kier molecular flexibility index (Phi) is 2.47. The summed E-state index contributed by atoms with van der Waals surface area (Å²) in [6.45, 7) is 0. The van der Waals surface area contributed by atoms with E-state index in [1.54, 1.807) is 12.2 Å². The van der Waals surface area contributed by atoms with Crippen LogP contribution in [0, 0.1) is 0 Å². The molecular formula is C6H8N2O4S. The van der Waals surface area contributed by atoms with Crippen molar-refractivity contribution in [2.45, 2.75) is 0 Å². The Morgan fingerprint density at radius 3 is 1.69 bits per heavy atom. The van der Waals surface area contributed by atoms with Gasteiger partial charge in [0, 0.05) is 10.8 Å². The van der Waals surface area contributed by atoms with E-state index in [1.807, 2.05) is 0 Å². The molecule has 0 aromatic rings. The lowest BCUT2D eigenvalue weighted by molar-refractivity contribution is 0.201. The fraction of sp³-hybridized carbons (Fsp3) is 0. The van der Waals surface area contributed by atoms with Crippen LogP contribution >= 0.6 is 10.6 Å². The monoisotopic (exact) mass is 204 g/mol. The molecular weight excluding hydrogens is 196 g/mol. The molecule has 13 heavy (non-hydrogen) atoms. The normalized spacial score (nSPS) is 19.4. The highest BCUT2D eigenvalue weighted by atomic mass is 32.3. The first-order valence-corrected chi connectivity index (χ1v) is 4.81. The van der Waals surface area contributed by atoms with Crippen molar-refractivity contribution in [3.63, 3.8) is 0 Å². The van der Waals surface area contributed by atoms with Crippen LogP contribution in [0.15, 0.2) is 23.0 Å². The molecule has 0 aromatic heterocycles. The van der Waals surface area contributed by atoms with Crippen molar-refractivity contribution in [2.24, 2.45) is 11.5 Å². The van der Waals surface area contributed by atoms with Gasteiger partial charge in [0.25, 0.3) is 0 Å². The zero-order chi connectivity index (χ0) is 9.90. The molecule has 0 aliphatic carbocycles. The average molecular weight is 204 g/mol. The number of primary amides is 2. The molecule has 2 amide bonds. The lowest BCUT2D eigenvalue weighted by Crippen LogP contribution is -2.20. The molecule has 1 heterocycles. The molecule has 1 aliphatic heterocycles. The zero-order valence-corrected chi connectivity index (χ0v) is 7.32. The second-order valence-electron chi connectivity index (χ2n) is 2.05. The number of rotatable bonds is 2. The number of carbonyl (C=O) groups excluding carboxylic acids is 2. The van der Waals surface area contributed by atoms with Gasteiger partial charge in [-0.1, -0.05) is 10.6 Å². The molecule has 4 N–H and O–H groups in total. The van der Waals surface area contributed by atoms with Gasteiger partial charge < -0.3 is 19.8 Å². The predicted molar refractivity (Wildman–Crippen MR) is 47.2 cm³/mol. The minimum atomic E-state index is -2.47. The van der Waals surface area contributed by atoms with Gasteiger partial charge in [-0.15, -0.1) is 0 Å². The molecule has 1 aliphatic rings. The smallest absolute Gasteiger partial charge is 0.333 e. The summed E-state index contributed by atoms with van der Waals surface area (Å²) in [5.41, 5.74) is 9.59. The number of amides is 2. The van der Waals surface area contributed by atoms with Gasteiger partial charge in [-0.3, -0.25) is 0 Å². The Morgan fingerprint density at radius 1 is 1.00 bits per heavy atom. The molecule has 0 unspecified atom stereocenters. The van der Waals surface area contributed by atoms with Crippen molar-refractivity contribution in [3.8, 4) is 0 Å². The molecule has 0 saturated heterocycles. The van der Waals surface area contributed by atoms with Gasteiger partial charge in [-0.25, -0.2) is 9.59 Å². The van der Waals surface area contributed by atoms with E-state index in [0.717, 1.165) is 0 Å². The second-order valence-corrected chi connectivity index (χ2v) is 4.11. The predicted octanol–water partition coefficient (Wildman–Crippen LogP) is 0.853. The Morgan fingerprint density at radius 2 is 1.38 bits per heavy atom. The molecule has 0 aromatic carbocycles. The molecule has 0 atom stereocenters. The summed E-state index contributed by atoms with van der Waals surface area (Å²) in [5.74, 6) is 0. The summed E-state index contributed by atoms with van der Waals surface area (Å²) in [7, 11) is -2.47. The van der Waals surface area contributed by atoms with E-state index >= 15 is 0 Å². The first-order valence-electron chi connectivity index (χ1n) is 3.20. The van der Waals surface area contributed by atoms with Crippen LogP contribution in [-0.2, 0) is 8.37 Å². The van der Waals surface area contributed by atoms with Crippen molar-refractivity contribution in [1.29, 1.82) is 0 Å². The quantitative estimate of drug-likeness (QED) is 0.695. The highest BCUT2D eigenvalue weighted by Gasteiger charge is 2.23. The summed E-state index contributed by atoms with van der Waals surface area (Å²) in [6, 6.07) is 0. The number of allylic oxidation sites excluding steroid dienone is 2. The minimum absolute atomic E-state index is 1.02. The van der Waals surface area contributed by atoms with Crippen LogP contribution in [0.25, 0.3) is 0 Å². The summed E-state index contributed by atoms with van der Waals surface area (Å²) in [6.07, 6.45) is 1.10. The third-order valence-corrected chi connectivity index (χ3v) is 2.99. The molecule has 6 nitrogen and oxygen atoms in total. The topological polar surface area (TPSA) is 105 Å².